The van der Waals surface area contributed by atoms with Gasteiger partial charge in [-0.1, -0.05) is 12.1 Å². The van der Waals surface area contributed by atoms with Gasteiger partial charge in [-0.25, -0.2) is 4.39 Å². The molecule has 0 spiro atoms. The minimum Gasteiger partial charge on any atom is -0.494 e. The fraction of sp³-hybridized carbons (Fsp3) is 0.222. The minimum atomic E-state index is -0.767. The lowest BCUT2D eigenvalue weighted by Crippen LogP contribution is -2.48. The third-order valence-corrected chi connectivity index (χ3v) is 3.44. The molecule has 2 aromatic rings. The quantitative estimate of drug-likeness (QED) is 0.531. The summed E-state index contributed by atoms with van der Waals surface area (Å²) >= 11 is 5.01. The number of benzene rings is 2. The molecule has 2 aromatic carbocycles. The molecule has 138 valence electrons. The summed E-state index contributed by atoms with van der Waals surface area (Å²) in [7, 11) is 0. The molecule has 0 unspecified atom stereocenters. The van der Waals surface area contributed by atoms with E-state index in [1.807, 2.05) is 6.92 Å². The van der Waals surface area contributed by atoms with Gasteiger partial charge in [0.1, 0.15) is 17.3 Å². The van der Waals surface area contributed by atoms with Crippen molar-refractivity contribution in [3.63, 3.8) is 0 Å². The monoisotopic (exact) mass is 377 g/mol. The van der Waals surface area contributed by atoms with Crippen LogP contribution in [0.5, 0.6) is 11.5 Å². The van der Waals surface area contributed by atoms with Crippen LogP contribution in [0.2, 0.25) is 0 Å². The smallest absolute Gasteiger partial charge is 0.279 e. The molecule has 6 nitrogen and oxygen atoms in total. The van der Waals surface area contributed by atoms with E-state index in [9.17, 15) is 9.18 Å². The second-order valence-electron chi connectivity index (χ2n) is 5.21. The molecule has 0 radical (unpaired) electrons. The summed E-state index contributed by atoms with van der Waals surface area (Å²) < 4.78 is 24.4. The van der Waals surface area contributed by atoms with E-state index in [0.717, 1.165) is 5.75 Å². The van der Waals surface area contributed by atoms with Crippen molar-refractivity contribution < 1.29 is 18.7 Å². The summed E-state index contributed by atoms with van der Waals surface area (Å²) in [6.45, 7) is 4.07. The molecule has 0 aliphatic heterocycles. The molecule has 0 fully saturated rings. The topological polar surface area (TPSA) is 71.6 Å². The average molecular weight is 377 g/mol. The lowest BCUT2D eigenvalue weighted by molar-refractivity contribution is -0.127. The summed E-state index contributed by atoms with van der Waals surface area (Å²) in [5.41, 5.74) is 5.12. The van der Waals surface area contributed by atoms with Crippen LogP contribution in [0.25, 0.3) is 0 Å². The first kappa shape index (κ1) is 19.5. The van der Waals surface area contributed by atoms with Crippen molar-refractivity contribution in [1.82, 2.24) is 10.9 Å². The van der Waals surface area contributed by atoms with Crippen LogP contribution in [-0.2, 0) is 4.79 Å². The largest absolute Gasteiger partial charge is 0.494 e. The molecule has 0 aromatic heterocycles. The highest BCUT2D eigenvalue weighted by atomic mass is 32.1. The average Bonchev–Trinajstić information content (AvgIpc) is 2.63. The molecule has 1 atom stereocenters. The van der Waals surface area contributed by atoms with Crippen LogP contribution in [0.1, 0.15) is 13.8 Å². The second kappa shape index (κ2) is 9.57. The molecule has 3 N–H and O–H groups in total. The van der Waals surface area contributed by atoms with E-state index >= 15 is 0 Å². The Labute approximate surface area is 156 Å². The van der Waals surface area contributed by atoms with Crippen LogP contribution in [0.15, 0.2) is 48.5 Å². The number of rotatable bonds is 6. The number of carbonyl (C=O) groups excluding carboxylic acids is 1. The summed E-state index contributed by atoms with van der Waals surface area (Å²) in [5, 5.41) is 2.70. The molecule has 0 bridgehead atoms. The zero-order valence-electron chi connectivity index (χ0n) is 14.4. The van der Waals surface area contributed by atoms with E-state index in [0.29, 0.717) is 12.4 Å². The van der Waals surface area contributed by atoms with E-state index in [1.54, 1.807) is 43.3 Å². The number of carbonyl (C=O) groups is 1. The number of para-hydroxylation sites is 1. The molecule has 8 heteroatoms. The molecular weight excluding hydrogens is 357 g/mol. The van der Waals surface area contributed by atoms with Gasteiger partial charge in [0.2, 0.25) is 0 Å². The number of anilines is 1. The zero-order valence-corrected chi connectivity index (χ0v) is 15.2. The lowest BCUT2D eigenvalue weighted by Gasteiger charge is -2.17. The number of thiocarbonyl (C=S) groups is 1. The molecule has 1 amide bonds. The fourth-order valence-electron chi connectivity index (χ4n) is 1.97. The van der Waals surface area contributed by atoms with Gasteiger partial charge in [0.15, 0.2) is 11.2 Å². The SMILES string of the molecule is CCOc1ccc(O[C@@H](C)C(=O)NNC(=S)Nc2ccccc2F)cc1. The van der Waals surface area contributed by atoms with Crippen LogP contribution in [0.4, 0.5) is 10.1 Å². The maximum atomic E-state index is 13.5. The predicted octanol–water partition coefficient (Wildman–Crippen LogP) is 3.01. The summed E-state index contributed by atoms with van der Waals surface area (Å²) in [4.78, 5) is 12.1. The molecule has 0 heterocycles. The maximum absolute atomic E-state index is 13.5. The summed E-state index contributed by atoms with van der Waals surface area (Å²) in [6.07, 6.45) is -0.767. The Kier molecular flexibility index (Phi) is 7.16. The van der Waals surface area contributed by atoms with Crippen molar-refractivity contribution in [2.24, 2.45) is 0 Å². The Morgan fingerprint density at radius 3 is 2.42 bits per heavy atom. The molecule has 0 saturated heterocycles. The fourth-order valence-corrected chi connectivity index (χ4v) is 2.14. The van der Waals surface area contributed by atoms with Crippen molar-refractivity contribution >= 4 is 28.9 Å². The Morgan fingerprint density at radius 2 is 1.77 bits per heavy atom. The molecule has 0 saturated carbocycles. The Balaban J connectivity index is 1.79. The predicted molar refractivity (Wildman–Crippen MR) is 102 cm³/mol. The lowest BCUT2D eigenvalue weighted by atomic mass is 10.3. The van der Waals surface area contributed by atoms with Gasteiger partial charge in [0, 0.05) is 0 Å². The first-order valence-electron chi connectivity index (χ1n) is 8.00. The van der Waals surface area contributed by atoms with Crippen LogP contribution < -0.4 is 25.6 Å². The highest BCUT2D eigenvalue weighted by molar-refractivity contribution is 7.80. The number of hydrogen-bond donors (Lipinski definition) is 3. The van der Waals surface area contributed by atoms with Gasteiger partial charge in [-0.3, -0.25) is 15.6 Å². The van der Waals surface area contributed by atoms with Crippen LogP contribution >= 0.6 is 12.2 Å². The van der Waals surface area contributed by atoms with E-state index in [2.05, 4.69) is 16.2 Å². The highest BCUT2D eigenvalue weighted by Gasteiger charge is 2.15. The zero-order chi connectivity index (χ0) is 18.9. The van der Waals surface area contributed by atoms with Gasteiger partial charge in [0.25, 0.3) is 5.91 Å². The number of nitrogens with one attached hydrogen (secondary N) is 3. The van der Waals surface area contributed by atoms with E-state index < -0.39 is 17.8 Å². The number of ether oxygens (including phenoxy) is 2. The van der Waals surface area contributed by atoms with Crippen molar-refractivity contribution in [3.8, 4) is 11.5 Å². The van der Waals surface area contributed by atoms with Crippen molar-refractivity contribution in [3.05, 3.63) is 54.3 Å². The Bertz CT molecular complexity index is 756. The van der Waals surface area contributed by atoms with E-state index in [1.165, 1.54) is 12.1 Å². The first-order chi connectivity index (χ1) is 12.5. The number of amides is 1. The molecule has 2 rings (SSSR count). The third-order valence-electron chi connectivity index (χ3n) is 3.24. The summed E-state index contributed by atoms with van der Waals surface area (Å²) in [5.74, 6) is 0.373. The number of hydrazine groups is 1. The molecule has 0 aliphatic rings. The van der Waals surface area contributed by atoms with Gasteiger partial charge in [-0.05, 0) is 62.5 Å². The maximum Gasteiger partial charge on any atom is 0.279 e. The molecule has 0 aliphatic carbocycles. The van der Waals surface area contributed by atoms with Gasteiger partial charge < -0.3 is 14.8 Å². The standard InChI is InChI=1S/C18H20FN3O3S/c1-3-24-13-8-10-14(11-9-13)25-12(2)17(23)21-22-18(26)20-16-7-5-4-6-15(16)19/h4-12H,3H2,1-2H3,(H,21,23)(H2,20,22,26)/t12-/m0/s1. The second-order valence-corrected chi connectivity index (χ2v) is 5.62. The summed E-state index contributed by atoms with van der Waals surface area (Å²) in [6, 6.07) is 13.0. The van der Waals surface area contributed by atoms with Gasteiger partial charge in [-0.15, -0.1) is 0 Å². The van der Waals surface area contributed by atoms with E-state index in [-0.39, 0.29) is 10.8 Å². The van der Waals surface area contributed by atoms with Crippen molar-refractivity contribution in [2.75, 3.05) is 11.9 Å². The normalized spacial score (nSPS) is 11.2. The van der Waals surface area contributed by atoms with E-state index in [4.69, 9.17) is 21.7 Å². The van der Waals surface area contributed by atoms with Crippen LogP contribution in [0.3, 0.4) is 0 Å². The van der Waals surface area contributed by atoms with Crippen LogP contribution in [0, 0.1) is 5.82 Å². The molecule has 26 heavy (non-hydrogen) atoms. The third kappa shape index (κ3) is 5.89. The number of hydrogen-bond acceptors (Lipinski definition) is 4. The van der Waals surface area contributed by atoms with Gasteiger partial charge in [0.05, 0.1) is 12.3 Å². The highest BCUT2D eigenvalue weighted by Crippen LogP contribution is 2.18. The molecular formula is C18H20FN3O3S. The Hall–Kier alpha value is -2.87. The number of halogens is 1. The van der Waals surface area contributed by atoms with Crippen molar-refractivity contribution in [1.29, 1.82) is 0 Å². The Morgan fingerprint density at radius 1 is 1.12 bits per heavy atom. The van der Waals surface area contributed by atoms with Gasteiger partial charge >= 0.3 is 0 Å². The minimum absolute atomic E-state index is 0.0525. The first-order valence-corrected chi connectivity index (χ1v) is 8.41. The van der Waals surface area contributed by atoms with Gasteiger partial charge in [-0.2, -0.15) is 0 Å². The van der Waals surface area contributed by atoms with Crippen LogP contribution in [-0.4, -0.2) is 23.7 Å². The van der Waals surface area contributed by atoms with Crippen molar-refractivity contribution in [2.45, 2.75) is 20.0 Å².